The van der Waals surface area contributed by atoms with E-state index in [0.717, 1.165) is 27.9 Å². The Morgan fingerprint density at radius 1 is 0.829 bits per heavy atom. The molecule has 0 fully saturated rings. The van der Waals surface area contributed by atoms with Crippen LogP contribution in [0.5, 0.6) is 0 Å². The number of hydrogen-bond acceptors (Lipinski definition) is 3. The monoisotopic (exact) mass is 473 g/mol. The van der Waals surface area contributed by atoms with Crippen molar-refractivity contribution in [2.24, 2.45) is 0 Å². The first kappa shape index (κ1) is 26.5. The Balaban J connectivity index is 1.75. The number of anilines is 1. The van der Waals surface area contributed by atoms with Gasteiger partial charge in [-0.3, -0.25) is 4.84 Å². The molecule has 0 radical (unpaired) electrons. The number of amides is 2. The molecule has 3 aromatic rings. The molecular weight excluding hydrogens is 434 g/mol. The number of hydroxylamine groups is 2. The highest BCUT2D eigenvalue weighted by Gasteiger charge is 2.22. The summed E-state index contributed by atoms with van der Waals surface area (Å²) in [7, 11) is 0. The summed E-state index contributed by atoms with van der Waals surface area (Å²) < 4.78 is 0. The smallest absolute Gasteiger partial charge is 0.319 e. The fourth-order valence-corrected chi connectivity index (χ4v) is 4.24. The van der Waals surface area contributed by atoms with Crippen LogP contribution >= 0.6 is 0 Å². The van der Waals surface area contributed by atoms with Gasteiger partial charge in [0.25, 0.3) is 0 Å². The van der Waals surface area contributed by atoms with Gasteiger partial charge < -0.3 is 10.6 Å². The molecule has 0 aromatic heterocycles. The first-order valence-corrected chi connectivity index (χ1v) is 12.6. The molecule has 0 aliphatic carbocycles. The van der Waals surface area contributed by atoms with E-state index in [1.807, 2.05) is 41.5 Å². The van der Waals surface area contributed by atoms with Gasteiger partial charge in [-0.15, -0.1) is 0 Å². The van der Waals surface area contributed by atoms with E-state index in [-0.39, 0.29) is 12.1 Å². The molecule has 5 nitrogen and oxygen atoms in total. The van der Waals surface area contributed by atoms with Crippen LogP contribution in [0.2, 0.25) is 0 Å². The number of likely N-dealkylation sites (N-methyl/N-ethyl adjacent to an activating group) is 1. The van der Waals surface area contributed by atoms with E-state index in [4.69, 9.17) is 4.84 Å². The summed E-state index contributed by atoms with van der Waals surface area (Å²) in [5.74, 6) is 0.617. The highest BCUT2D eigenvalue weighted by molar-refractivity contribution is 5.91. The van der Waals surface area contributed by atoms with Crippen LogP contribution in [0.4, 0.5) is 10.5 Å². The molecule has 0 heterocycles. The van der Waals surface area contributed by atoms with E-state index in [1.165, 1.54) is 0 Å². The molecule has 35 heavy (non-hydrogen) atoms. The number of carbonyl (C=O) groups excluding carboxylic acids is 1. The zero-order valence-electron chi connectivity index (χ0n) is 21.6. The first-order chi connectivity index (χ1) is 16.9. The van der Waals surface area contributed by atoms with Gasteiger partial charge in [-0.2, -0.15) is 5.06 Å². The summed E-state index contributed by atoms with van der Waals surface area (Å²) >= 11 is 0. The zero-order valence-corrected chi connectivity index (χ0v) is 21.6. The van der Waals surface area contributed by atoms with Crippen molar-refractivity contribution in [3.63, 3.8) is 0 Å². The van der Waals surface area contributed by atoms with Gasteiger partial charge in [0.1, 0.15) is 0 Å². The SMILES string of the molecule is CCN(OCc1ccccc1)C(CNC(=O)Nc1c(C(C)C)cccc1C(C)C)c1ccccc1. The Hall–Kier alpha value is -3.15. The molecule has 2 amide bonds. The lowest BCUT2D eigenvalue weighted by atomic mass is 9.93. The topological polar surface area (TPSA) is 53.6 Å². The lowest BCUT2D eigenvalue weighted by Crippen LogP contribution is -2.40. The van der Waals surface area contributed by atoms with Crippen LogP contribution < -0.4 is 10.6 Å². The predicted molar refractivity (Wildman–Crippen MR) is 144 cm³/mol. The number of benzene rings is 3. The third kappa shape index (κ3) is 7.41. The average Bonchev–Trinajstić information content (AvgIpc) is 2.87. The van der Waals surface area contributed by atoms with Gasteiger partial charge in [-0.05, 0) is 34.1 Å². The molecular formula is C30H39N3O2. The van der Waals surface area contributed by atoms with Gasteiger partial charge in [-0.25, -0.2) is 4.79 Å². The van der Waals surface area contributed by atoms with Crippen LogP contribution in [0.1, 0.15) is 74.8 Å². The Morgan fingerprint density at radius 3 is 1.94 bits per heavy atom. The Morgan fingerprint density at radius 2 is 1.40 bits per heavy atom. The molecule has 2 N–H and O–H groups in total. The van der Waals surface area contributed by atoms with Crippen LogP contribution in [0.3, 0.4) is 0 Å². The van der Waals surface area contributed by atoms with Crippen LogP contribution in [0.15, 0.2) is 78.9 Å². The number of para-hydroxylation sites is 1. The maximum absolute atomic E-state index is 13.1. The molecule has 0 aliphatic heterocycles. The molecule has 0 bridgehead atoms. The number of urea groups is 1. The van der Waals surface area contributed by atoms with Crippen LogP contribution in [0, 0.1) is 0 Å². The first-order valence-electron chi connectivity index (χ1n) is 12.6. The van der Waals surface area contributed by atoms with E-state index in [9.17, 15) is 4.79 Å². The predicted octanol–water partition coefficient (Wildman–Crippen LogP) is 7.25. The minimum atomic E-state index is -0.208. The largest absolute Gasteiger partial charge is 0.336 e. The normalized spacial score (nSPS) is 12.2. The van der Waals surface area contributed by atoms with Gasteiger partial charge >= 0.3 is 6.03 Å². The molecule has 3 aromatic carbocycles. The Bertz CT molecular complexity index is 1030. The standard InChI is InChI=1S/C30H39N3O2/c1-6-33(35-21-24-14-9-7-10-15-24)28(25-16-11-8-12-17-25)20-31-30(34)32-29-26(22(2)3)18-13-19-27(29)23(4)5/h7-19,22-23,28H,6,20-21H2,1-5H3,(H2,31,32,34). The van der Waals surface area contributed by atoms with Crippen molar-refractivity contribution in [2.45, 2.75) is 59.1 Å². The van der Waals surface area contributed by atoms with E-state index in [0.29, 0.717) is 31.5 Å². The van der Waals surface area contributed by atoms with E-state index in [2.05, 4.69) is 87.7 Å². The number of hydrogen-bond donors (Lipinski definition) is 2. The van der Waals surface area contributed by atoms with E-state index >= 15 is 0 Å². The number of rotatable bonds is 11. The molecule has 0 saturated carbocycles. The summed E-state index contributed by atoms with van der Waals surface area (Å²) in [4.78, 5) is 19.3. The lowest BCUT2D eigenvalue weighted by Gasteiger charge is -2.30. The Kier molecular flexibility index (Phi) is 9.88. The molecule has 1 atom stereocenters. The minimum absolute atomic E-state index is 0.124. The molecule has 0 aliphatic rings. The van der Waals surface area contributed by atoms with Gasteiger partial charge in [0.15, 0.2) is 0 Å². The highest BCUT2D eigenvalue weighted by Crippen LogP contribution is 2.32. The summed E-state index contributed by atoms with van der Waals surface area (Å²) in [5.41, 5.74) is 5.40. The number of nitrogens with one attached hydrogen (secondary N) is 2. The van der Waals surface area contributed by atoms with Gasteiger partial charge in [-0.1, -0.05) is 113 Å². The zero-order chi connectivity index (χ0) is 25.2. The van der Waals surface area contributed by atoms with Crippen molar-refractivity contribution in [3.05, 3.63) is 101 Å². The van der Waals surface area contributed by atoms with Gasteiger partial charge in [0.2, 0.25) is 0 Å². The summed E-state index contributed by atoms with van der Waals surface area (Å²) in [6, 6.07) is 26.2. The average molecular weight is 474 g/mol. The second kappa shape index (κ2) is 13.1. The molecule has 0 spiro atoms. The van der Waals surface area contributed by atoms with Crippen molar-refractivity contribution >= 4 is 11.7 Å². The molecule has 3 rings (SSSR count). The molecule has 186 valence electrons. The van der Waals surface area contributed by atoms with Crippen LogP contribution in [-0.4, -0.2) is 24.2 Å². The third-order valence-corrected chi connectivity index (χ3v) is 6.15. The Labute approximate surface area is 210 Å². The highest BCUT2D eigenvalue weighted by atomic mass is 16.7. The quantitative estimate of drug-likeness (QED) is 0.288. The third-order valence-electron chi connectivity index (χ3n) is 6.15. The van der Waals surface area contributed by atoms with Gasteiger partial charge in [0.05, 0.1) is 12.6 Å². The van der Waals surface area contributed by atoms with Crippen LogP contribution in [-0.2, 0) is 11.4 Å². The van der Waals surface area contributed by atoms with Crippen molar-refractivity contribution in [2.75, 3.05) is 18.4 Å². The van der Waals surface area contributed by atoms with Crippen molar-refractivity contribution in [1.82, 2.24) is 10.4 Å². The number of carbonyl (C=O) groups is 1. The van der Waals surface area contributed by atoms with Crippen LogP contribution in [0.25, 0.3) is 0 Å². The number of nitrogens with zero attached hydrogens (tertiary/aromatic N) is 1. The minimum Gasteiger partial charge on any atom is -0.336 e. The fourth-order valence-electron chi connectivity index (χ4n) is 4.24. The maximum atomic E-state index is 13.1. The molecule has 0 saturated heterocycles. The maximum Gasteiger partial charge on any atom is 0.319 e. The molecule has 1 unspecified atom stereocenters. The van der Waals surface area contributed by atoms with Gasteiger partial charge in [0, 0.05) is 18.8 Å². The van der Waals surface area contributed by atoms with Crippen molar-refractivity contribution in [3.8, 4) is 0 Å². The summed E-state index contributed by atoms with van der Waals surface area (Å²) in [6.45, 7) is 12.2. The second-order valence-corrected chi connectivity index (χ2v) is 9.37. The second-order valence-electron chi connectivity index (χ2n) is 9.37. The lowest BCUT2D eigenvalue weighted by molar-refractivity contribution is -0.194. The van der Waals surface area contributed by atoms with E-state index in [1.54, 1.807) is 0 Å². The fraction of sp³-hybridized carbons (Fsp3) is 0.367. The summed E-state index contributed by atoms with van der Waals surface area (Å²) in [5, 5.41) is 8.21. The molecule has 5 heteroatoms. The van der Waals surface area contributed by atoms with Crippen molar-refractivity contribution in [1.29, 1.82) is 0 Å². The van der Waals surface area contributed by atoms with E-state index < -0.39 is 0 Å². The summed E-state index contributed by atoms with van der Waals surface area (Å²) in [6.07, 6.45) is 0. The van der Waals surface area contributed by atoms with Crippen molar-refractivity contribution < 1.29 is 9.63 Å².